The van der Waals surface area contributed by atoms with Gasteiger partial charge in [0.15, 0.2) is 6.10 Å². The molecule has 6 nitrogen and oxygen atoms in total. The summed E-state index contributed by atoms with van der Waals surface area (Å²) < 4.78 is 10.6. The molecule has 0 aliphatic carbocycles. The zero-order valence-electron chi connectivity index (χ0n) is 16.5. The number of carbonyl (C=O) groups excluding carboxylic acids is 3. The molecule has 1 aliphatic rings. The molecular formula is C23H23NO5. The Labute approximate surface area is 169 Å². The Morgan fingerprint density at radius 3 is 2.41 bits per heavy atom. The highest BCUT2D eigenvalue weighted by Gasteiger charge is 2.49. The Morgan fingerprint density at radius 2 is 1.79 bits per heavy atom. The Bertz CT molecular complexity index is 918. The third kappa shape index (κ3) is 4.54. The molecule has 0 saturated carbocycles. The van der Waals surface area contributed by atoms with Crippen LogP contribution in [0.15, 0.2) is 67.3 Å². The van der Waals surface area contributed by atoms with Crippen LogP contribution < -0.4 is 4.90 Å². The van der Waals surface area contributed by atoms with Crippen LogP contribution in [-0.4, -0.2) is 30.5 Å². The molecule has 0 radical (unpaired) electrons. The molecule has 1 aliphatic heterocycles. The van der Waals surface area contributed by atoms with Crippen LogP contribution in [0.3, 0.4) is 0 Å². The average molecular weight is 393 g/mol. The van der Waals surface area contributed by atoms with Crippen LogP contribution in [0.1, 0.15) is 29.8 Å². The molecule has 0 aromatic heterocycles. The monoisotopic (exact) mass is 393 g/mol. The average Bonchev–Trinajstić information content (AvgIpc) is 2.96. The smallest absolute Gasteiger partial charge is 0.338 e. The first-order valence-electron chi connectivity index (χ1n) is 9.27. The van der Waals surface area contributed by atoms with Gasteiger partial charge in [-0.2, -0.15) is 0 Å². The lowest BCUT2D eigenvalue weighted by Gasteiger charge is -2.22. The van der Waals surface area contributed by atoms with Crippen molar-refractivity contribution in [3.05, 3.63) is 78.4 Å². The lowest BCUT2D eigenvalue weighted by Crippen LogP contribution is -2.35. The molecule has 2 aromatic carbocycles. The van der Waals surface area contributed by atoms with E-state index >= 15 is 0 Å². The molecule has 29 heavy (non-hydrogen) atoms. The lowest BCUT2D eigenvalue weighted by molar-refractivity contribution is -0.153. The fraction of sp³-hybridized carbons (Fsp3) is 0.261. The van der Waals surface area contributed by atoms with E-state index in [2.05, 4.69) is 6.58 Å². The van der Waals surface area contributed by atoms with E-state index in [0.717, 1.165) is 11.6 Å². The second-order valence-corrected chi connectivity index (χ2v) is 7.54. The maximum atomic E-state index is 12.8. The number of anilines is 1. The second-order valence-electron chi connectivity index (χ2n) is 7.54. The van der Waals surface area contributed by atoms with Crippen LogP contribution in [0.4, 0.5) is 5.69 Å². The van der Waals surface area contributed by atoms with Gasteiger partial charge in [0.2, 0.25) is 0 Å². The minimum absolute atomic E-state index is 0.191. The summed E-state index contributed by atoms with van der Waals surface area (Å²) in [6.45, 7) is 7.67. The van der Waals surface area contributed by atoms with Crippen molar-refractivity contribution in [1.29, 1.82) is 0 Å². The standard InChI is InChI=1S/C23H23NO5/c1-4-19(25)29-20-21(26)24(15-23(20,2)3)18-12-10-17(11-13-18)22(27)28-14-16-8-6-5-7-9-16/h4-13,20H,1,14-15H2,2-3H3/t20-/m0/s1. The zero-order valence-corrected chi connectivity index (χ0v) is 16.5. The predicted octanol–water partition coefficient (Wildman–Crippen LogP) is 3.51. The number of amides is 1. The van der Waals surface area contributed by atoms with Gasteiger partial charge in [-0.15, -0.1) is 0 Å². The van der Waals surface area contributed by atoms with Gasteiger partial charge in [-0.05, 0) is 29.8 Å². The van der Waals surface area contributed by atoms with Crippen LogP contribution in [0.2, 0.25) is 0 Å². The van der Waals surface area contributed by atoms with Gasteiger partial charge in [0.25, 0.3) is 5.91 Å². The van der Waals surface area contributed by atoms with Crippen molar-refractivity contribution in [3.8, 4) is 0 Å². The summed E-state index contributed by atoms with van der Waals surface area (Å²) in [5.74, 6) is -1.37. The maximum Gasteiger partial charge on any atom is 0.338 e. The number of rotatable bonds is 6. The van der Waals surface area contributed by atoms with Crippen molar-refractivity contribution < 1.29 is 23.9 Å². The zero-order chi connectivity index (χ0) is 21.0. The first kappa shape index (κ1) is 20.3. The van der Waals surface area contributed by atoms with E-state index in [1.165, 1.54) is 0 Å². The number of esters is 2. The highest BCUT2D eigenvalue weighted by molar-refractivity contribution is 6.01. The molecule has 0 unspecified atom stereocenters. The molecule has 1 amide bonds. The molecule has 3 rings (SSSR count). The number of hydrogen-bond acceptors (Lipinski definition) is 5. The van der Waals surface area contributed by atoms with Crippen molar-refractivity contribution in [2.75, 3.05) is 11.4 Å². The third-order valence-corrected chi connectivity index (χ3v) is 4.79. The van der Waals surface area contributed by atoms with E-state index in [0.29, 0.717) is 17.8 Å². The van der Waals surface area contributed by atoms with E-state index < -0.39 is 23.5 Å². The van der Waals surface area contributed by atoms with Gasteiger partial charge in [0.1, 0.15) is 6.61 Å². The first-order chi connectivity index (χ1) is 13.8. The number of nitrogens with zero attached hydrogens (tertiary/aromatic N) is 1. The van der Waals surface area contributed by atoms with Crippen LogP contribution >= 0.6 is 0 Å². The Balaban J connectivity index is 1.68. The third-order valence-electron chi connectivity index (χ3n) is 4.79. The molecule has 2 aromatic rings. The van der Waals surface area contributed by atoms with Gasteiger partial charge < -0.3 is 14.4 Å². The number of carbonyl (C=O) groups is 3. The van der Waals surface area contributed by atoms with Crippen LogP contribution in [0.25, 0.3) is 0 Å². The number of ether oxygens (including phenoxy) is 2. The van der Waals surface area contributed by atoms with E-state index in [-0.39, 0.29) is 12.5 Å². The summed E-state index contributed by atoms with van der Waals surface area (Å²) in [6, 6.07) is 16.0. The second kappa shape index (κ2) is 8.31. The van der Waals surface area contributed by atoms with Crippen molar-refractivity contribution in [1.82, 2.24) is 0 Å². The van der Waals surface area contributed by atoms with Gasteiger partial charge >= 0.3 is 11.9 Å². The molecule has 150 valence electrons. The van der Waals surface area contributed by atoms with E-state index in [4.69, 9.17) is 9.47 Å². The topological polar surface area (TPSA) is 72.9 Å². The lowest BCUT2D eigenvalue weighted by atomic mass is 9.89. The molecule has 6 heteroatoms. The fourth-order valence-electron chi connectivity index (χ4n) is 3.22. The number of benzene rings is 2. The highest BCUT2D eigenvalue weighted by Crippen LogP contribution is 2.36. The molecule has 0 spiro atoms. The van der Waals surface area contributed by atoms with Gasteiger partial charge in [-0.1, -0.05) is 50.8 Å². The van der Waals surface area contributed by atoms with Gasteiger partial charge in [0.05, 0.1) is 5.56 Å². The minimum Gasteiger partial charge on any atom is -0.457 e. The van der Waals surface area contributed by atoms with Gasteiger partial charge in [-0.3, -0.25) is 4.79 Å². The first-order valence-corrected chi connectivity index (χ1v) is 9.27. The van der Waals surface area contributed by atoms with Gasteiger partial charge in [-0.25, -0.2) is 9.59 Å². The molecule has 0 N–H and O–H groups in total. The van der Waals surface area contributed by atoms with Gasteiger partial charge in [0, 0.05) is 23.7 Å². The molecule has 1 saturated heterocycles. The minimum atomic E-state index is -0.886. The van der Waals surface area contributed by atoms with Crippen molar-refractivity contribution in [3.63, 3.8) is 0 Å². The van der Waals surface area contributed by atoms with Crippen LogP contribution in [-0.2, 0) is 25.7 Å². The molecule has 1 atom stereocenters. The SMILES string of the molecule is C=CC(=O)O[C@H]1C(=O)N(c2ccc(C(=O)OCc3ccccc3)cc2)CC1(C)C. The largest absolute Gasteiger partial charge is 0.457 e. The van der Waals surface area contributed by atoms with Crippen LogP contribution in [0, 0.1) is 5.41 Å². The summed E-state index contributed by atoms with van der Waals surface area (Å²) in [5, 5.41) is 0. The Hall–Kier alpha value is -3.41. The Morgan fingerprint density at radius 1 is 1.14 bits per heavy atom. The maximum absolute atomic E-state index is 12.8. The van der Waals surface area contributed by atoms with E-state index in [1.54, 1.807) is 29.2 Å². The Kier molecular flexibility index (Phi) is 5.82. The molecule has 0 bridgehead atoms. The quantitative estimate of drug-likeness (QED) is 0.555. The van der Waals surface area contributed by atoms with Crippen molar-refractivity contribution >= 4 is 23.5 Å². The fourth-order valence-corrected chi connectivity index (χ4v) is 3.22. The normalized spacial score (nSPS) is 17.7. The molecule has 1 heterocycles. The number of hydrogen-bond donors (Lipinski definition) is 0. The van der Waals surface area contributed by atoms with E-state index in [1.807, 2.05) is 44.2 Å². The summed E-state index contributed by atoms with van der Waals surface area (Å²) in [5.41, 5.74) is 1.37. The van der Waals surface area contributed by atoms with Crippen molar-refractivity contribution in [2.24, 2.45) is 5.41 Å². The molecular weight excluding hydrogens is 370 g/mol. The van der Waals surface area contributed by atoms with Crippen molar-refractivity contribution in [2.45, 2.75) is 26.6 Å². The van der Waals surface area contributed by atoms with Crippen LogP contribution in [0.5, 0.6) is 0 Å². The summed E-state index contributed by atoms with van der Waals surface area (Å²) in [6.07, 6.45) is 0.158. The summed E-state index contributed by atoms with van der Waals surface area (Å²) in [4.78, 5) is 38.1. The molecule has 1 fully saturated rings. The predicted molar refractivity (Wildman–Crippen MR) is 108 cm³/mol. The summed E-state index contributed by atoms with van der Waals surface area (Å²) in [7, 11) is 0. The highest BCUT2D eigenvalue weighted by atomic mass is 16.6. The summed E-state index contributed by atoms with van der Waals surface area (Å²) >= 11 is 0. The van der Waals surface area contributed by atoms with E-state index in [9.17, 15) is 14.4 Å².